The Hall–Kier alpha value is -0.630. The number of carbonyl (C=O) groups excluding carboxylic acids is 1. The van der Waals surface area contributed by atoms with E-state index in [4.69, 9.17) is 0 Å². The minimum Gasteiger partial charge on any atom is -0.296 e. The van der Waals surface area contributed by atoms with Crippen LogP contribution in [0.15, 0.2) is 12.7 Å². The lowest BCUT2D eigenvalue weighted by molar-refractivity contribution is -0.115. The fourth-order valence-electron chi connectivity index (χ4n) is 1.45. The molecule has 0 bridgehead atoms. The first-order valence-electron chi connectivity index (χ1n) is 4.10. The Bertz CT molecular complexity index is 165. The number of carbonyl (C=O) groups is 1. The van der Waals surface area contributed by atoms with Gasteiger partial charge in [0.05, 0.1) is 6.54 Å². The Kier molecular flexibility index (Phi) is 2.83. The Morgan fingerprint density at radius 3 is 3.00 bits per heavy atom. The topological polar surface area (TPSA) is 20.3 Å². The fourth-order valence-corrected chi connectivity index (χ4v) is 1.45. The number of likely N-dealkylation sites (tertiary alicyclic amines) is 1. The first kappa shape index (κ1) is 8.47. The Balaban J connectivity index is 2.28. The van der Waals surface area contributed by atoms with Gasteiger partial charge in [0.25, 0.3) is 0 Å². The van der Waals surface area contributed by atoms with Gasteiger partial charge in [-0.1, -0.05) is 13.5 Å². The summed E-state index contributed by atoms with van der Waals surface area (Å²) in [5, 5.41) is 0. The third-order valence-corrected chi connectivity index (χ3v) is 2.12. The van der Waals surface area contributed by atoms with E-state index in [2.05, 4.69) is 18.4 Å². The highest BCUT2D eigenvalue weighted by Gasteiger charge is 2.19. The maximum Gasteiger partial charge on any atom is 0.169 e. The van der Waals surface area contributed by atoms with Crippen LogP contribution in [0.5, 0.6) is 0 Å². The molecule has 62 valence electrons. The van der Waals surface area contributed by atoms with Gasteiger partial charge in [-0.15, -0.1) is 0 Å². The van der Waals surface area contributed by atoms with Crippen molar-refractivity contribution in [3.8, 4) is 0 Å². The van der Waals surface area contributed by atoms with Gasteiger partial charge >= 0.3 is 0 Å². The summed E-state index contributed by atoms with van der Waals surface area (Å²) in [5.74, 6) is 0.895. The summed E-state index contributed by atoms with van der Waals surface area (Å²) in [6.07, 6.45) is 2.63. The van der Waals surface area contributed by atoms with Crippen LogP contribution < -0.4 is 0 Å². The van der Waals surface area contributed by atoms with Crippen LogP contribution in [0.3, 0.4) is 0 Å². The van der Waals surface area contributed by atoms with E-state index >= 15 is 0 Å². The van der Waals surface area contributed by atoms with Crippen LogP contribution in [0.1, 0.15) is 13.3 Å². The molecule has 0 aliphatic carbocycles. The van der Waals surface area contributed by atoms with Crippen molar-refractivity contribution < 1.29 is 4.79 Å². The van der Waals surface area contributed by atoms with Crippen LogP contribution in [-0.4, -0.2) is 30.3 Å². The summed E-state index contributed by atoms with van der Waals surface area (Å²) in [7, 11) is 0. The summed E-state index contributed by atoms with van der Waals surface area (Å²) >= 11 is 0. The molecule has 1 saturated heterocycles. The van der Waals surface area contributed by atoms with Crippen LogP contribution in [0, 0.1) is 5.92 Å². The van der Waals surface area contributed by atoms with Gasteiger partial charge < -0.3 is 0 Å². The van der Waals surface area contributed by atoms with E-state index in [1.165, 1.54) is 12.5 Å². The molecule has 0 amide bonds. The second-order valence-electron chi connectivity index (χ2n) is 3.30. The van der Waals surface area contributed by atoms with Gasteiger partial charge in [0.1, 0.15) is 0 Å². The van der Waals surface area contributed by atoms with E-state index in [0.717, 1.165) is 19.0 Å². The molecular weight excluding hydrogens is 138 g/mol. The number of nitrogens with zero attached hydrogens (tertiary/aromatic N) is 1. The average Bonchev–Trinajstić information content (AvgIpc) is 2.35. The molecule has 2 nitrogen and oxygen atoms in total. The van der Waals surface area contributed by atoms with Crippen LogP contribution in [0.4, 0.5) is 0 Å². The van der Waals surface area contributed by atoms with Crippen LogP contribution in [0.25, 0.3) is 0 Å². The molecule has 0 saturated carbocycles. The molecule has 0 aromatic heterocycles. The lowest BCUT2D eigenvalue weighted by Crippen LogP contribution is -2.26. The van der Waals surface area contributed by atoms with Gasteiger partial charge in [0.15, 0.2) is 5.78 Å². The average molecular weight is 153 g/mol. The second-order valence-corrected chi connectivity index (χ2v) is 3.30. The summed E-state index contributed by atoms with van der Waals surface area (Å²) in [6.45, 7) is 8.37. The van der Waals surface area contributed by atoms with Crippen LogP contribution >= 0.6 is 0 Å². The molecule has 11 heavy (non-hydrogen) atoms. The molecule has 1 fully saturated rings. The predicted octanol–water partition coefficient (Wildman–Crippen LogP) is 1.08. The molecule has 0 N–H and O–H groups in total. The number of hydrogen-bond donors (Lipinski definition) is 0. The molecule has 0 radical (unpaired) electrons. The molecule has 1 rings (SSSR count). The normalized spacial score (nSPS) is 25.4. The van der Waals surface area contributed by atoms with Gasteiger partial charge in [-0.05, 0) is 25.0 Å². The lowest BCUT2D eigenvalue weighted by Gasteiger charge is -2.11. The highest BCUT2D eigenvalue weighted by molar-refractivity contribution is 5.90. The number of hydrogen-bond acceptors (Lipinski definition) is 2. The summed E-state index contributed by atoms with van der Waals surface area (Å²) < 4.78 is 0. The minimum absolute atomic E-state index is 0.138. The quantitative estimate of drug-likeness (QED) is 0.565. The van der Waals surface area contributed by atoms with Gasteiger partial charge in [0.2, 0.25) is 0 Å². The van der Waals surface area contributed by atoms with Crippen molar-refractivity contribution in [2.75, 3.05) is 19.6 Å². The third-order valence-electron chi connectivity index (χ3n) is 2.12. The van der Waals surface area contributed by atoms with E-state index < -0.39 is 0 Å². The monoisotopic (exact) mass is 153 g/mol. The second kappa shape index (κ2) is 3.67. The molecule has 1 aliphatic rings. The summed E-state index contributed by atoms with van der Waals surface area (Å²) in [5.41, 5.74) is 0. The van der Waals surface area contributed by atoms with Crippen LogP contribution in [-0.2, 0) is 4.79 Å². The van der Waals surface area contributed by atoms with Crippen molar-refractivity contribution >= 4 is 5.78 Å². The zero-order chi connectivity index (χ0) is 8.27. The standard InChI is InChI=1S/C9H15NO/c1-3-9(11)7-10-5-4-8(2)6-10/h3,8H,1,4-7H2,2H3. The van der Waals surface area contributed by atoms with E-state index in [1.54, 1.807) is 0 Å². The first-order valence-corrected chi connectivity index (χ1v) is 4.10. The lowest BCUT2D eigenvalue weighted by atomic mass is 10.2. The van der Waals surface area contributed by atoms with Crippen molar-refractivity contribution in [2.24, 2.45) is 5.92 Å². The van der Waals surface area contributed by atoms with Crippen LogP contribution in [0.2, 0.25) is 0 Å². The predicted molar refractivity (Wildman–Crippen MR) is 45.4 cm³/mol. The molecule has 0 aromatic rings. The molecule has 1 aliphatic heterocycles. The van der Waals surface area contributed by atoms with Crippen molar-refractivity contribution in [1.29, 1.82) is 0 Å². The van der Waals surface area contributed by atoms with E-state index in [1.807, 2.05) is 0 Å². The highest BCUT2D eigenvalue weighted by atomic mass is 16.1. The first-order chi connectivity index (χ1) is 5.22. The van der Waals surface area contributed by atoms with Gasteiger partial charge in [0, 0.05) is 6.54 Å². The largest absolute Gasteiger partial charge is 0.296 e. The Morgan fingerprint density at radius 1 is 1.82 bits per heavy atom. The molecule has 2 heteroatoms. The van der Waals surface area contributed by atoms with Crippen molar-refractivity contribution in [1.82, 2.24) is 4.90 Å². The maximum absolute atomic E-state index is 10.9. The number of rotatable bonds is 3. The molecule has 1 heterocycles. The Labute approximate surface area is 67.9 Å². The molecule has 1 atom stereocenters. The molecule has 1 unspecified atom stereocenters. The van der Waals surface area contributed by atoms with E-state index in [-0.39, 0.29) is 5.78 Å². The smallest absolute Gasteiger partial charge is 0.169 e. The van der Waals surface area contributed by atoms with Crippen molar-refractivity contribution in [2.45, 2.75) is 13.3 Å². The Morgan fingerprint density at radius 2 is 2.55 bits per heavy atom. The highest BCUT2D eigenvalue weighted by Crippen LogP contribution is 2.14. The van der Waals surface area contributed by atoms with Gasteiger partial charge in [-0.3, -0.25) is 9.69 Å². The van der Waals surface area contributed by atoms with Gasteiger partial charge in [-0.25, -0.2) is 0 Å². The summed E-state index contributed by atoms with van der Waals surface area (Å²) in [4.78, 5) is 13.1. The van der Waals surface area contributed by atoms with Crippen molar-refractivity contribution in [3.63, 3.8) is 0 Å². The SMILES string of the molecule is C=CC(=O)CN1CCC(C)C1. The third kappa shape index (κ3) is 2.46. The molecule has 0 aromatic carbocycles. The zero-order valence-electron chi connectivity index (χ0n) is 7.05. The zero-order valence-corrected chi connectivity index (χ0v) is 7.05. The maximum atomic E-state index is 10.9. The van der Waals surface area contributed by atoms with Gasteiger partial charge in [-0.2, -0.15) is 0 Å². The fraction of sp³-hybridized carbons (Fsp3) is 0.667. The minimum atomic E-state index is 0.138. The summed E-state index contributed by atoms with van der Waals surface area (Å²) in [6, 6.07) is 0. The van der Waals surface area contributed by atoms with E-state index in [9.17, 15) is 4.79 Å². The van der Waals surface area contributed by atoms with Crippen molar-refractivity contribution in [3.05, 3.63) is 12.7 Å². The van der Waals surface area contributed by atoms with E-state index in [0.29, 0.717) is 6.54 Å². The molecule has 0 spiro atoms. The number of ketones is 1. The molecular formula is C9H15NO.